The highest BCUT2D eigenvalue weighted by atomic mass is 32.2. The van der Waals surface area contributed by atoms with Gasteiger partial charge in [0.25, 0.3) is 0 Å². The first-order valence-electron chi connectivity index (χ1n) is 15.1. The Labute approximate surface area is 281 Å². The van der Waals surface area contributed by atoms with Crippen molar-refractivity contribution in [3.05, 3.63) is 102 Å². The third-order valence-electron chi connectivity index (χ3n) is 7.10. The normalized spacial score (nSPS) is 12.0. The number of primary amides is 1. The van der Waals surface area contributed by atoms with Gasteiger partial charge in [-0.25, -0.2) is 4.79 Å². The van der Waals surface area contributed by atoms with Crippen LogP contribution in [0.5, 0.6) is 17.5 Å². The minimum absolute atomic E-state index is 0.00101. The summed E-state index contributed by atoms with van der Waals surface area (Å²) >= 11 is 1.07. The fraction of sp³-hybridized carbons (Fsp3) is 0.235. The predicted octanol–water partition coefficient (Wildman–Crippen LogP) is 3.09. The molecule has 0 radical (unpaired) electrons. The Bertz CT molecular complexity index is 1680. The van der Waals surface area contributed by atoms with Crippen LogP contribution in [0.15, 0.2) is 95.9 Å². The maximum Gasteiger partial charge on any atom is 0.412 e. The molecule has 14 heteroatoms. The molecule has 9 N–H and O–H groups in total. The number of nitrogens with two attached hydrogens (primary N) is 2. The van der Waals surface area contributed by atoms with Gasteiger partial charge in [0.2, 0.25) is 23.6 Å². The zero-order valence-electron chi connectivity index (χ0n) is 26.0. The maximum atomic E-state index is 12.5. The van der Waals surface area contributed by atoms with Gasteiger partial charge in [0.15, 0.2) is 5.88 Å². The molecule has 0 saturated heterocycles. The fourth-order valence-corrected chi connectivity index (χ4v) is 5.56. The van der Waals surface area contributed by atoms with E-state index >= 15 is 0 Å². The summed E-state index contributed by atoms with van der Waals surface area (Å²) in [5.74, 6) is -1.52. The Kier molecular flexibility index (Phi) is 12.9. The predicted molar refractivity (Wildman–Crippen MR) is 182 cm³/mol. The molecule has 252 valence electrons. The van der Waals surface area contributed by atoms with Gasteiger partial charge in [0, 0.05) is 30.5 Å². The van der Waals surface area contributed by atoms with Crippen LogP contribution in [0.25, 0.3) is 0 Å². The minimum Gasteiger partial charge on any atom is -0.494 e. The number of aromatic nitrogens is 1. The molecule has 0 spiro atoms. The summed E-state index contributed by atoms with van der Waals surface area (Å²) in [6, 6.07) is 24.5. The molecule has 4 amide bonds. The van der Waals surface area contributed by atoms with Crippen molar-refractivity contribution in [2.75, 3.05) is 17.6 Å². The van der Waals surface area contributed by atoms with Crippen LogP contribution in [0.1, 0.15) is 24.0 Å². The largest absolute Gasteiger partial charge is 0.494 e. The molecule has 0 saturated carbocycles. The number of carbonyl (C=O) groups is 4. The zero-order chi connectivity index (χ0) is 34.5. The average Bonchev–Trinajstić information content (AvgIpc) is 3.34. The molecule has 1 heterocycles. The van der Waals surface area contributed by atoms with Crippen molar-refractivity contribution in [1.82, 2.24) is 15.2 Å². The number of ether oxygens (including phenoxy) is 1. The Hall–Kier alpha value is -5.47. The van der Waals surface area contributed by atoms with Crippen LogP contribution in [0.2, 0.25) is 0 Å². The van der Waals surface area contributed by atoms with E-state index in [2.05, 4.69) is 16.0 Å². The third kappa shape index (κ3) is 10.8. The lowest BCUT2D eigenvalue weighted by Crippen LogP contribution is -2.46. The fourth-order valence-electron chi connectivity index (χ4n) is 4.54. The van der Waals surface area contributed by atoms with Crippen LogP contribution in [0.4, 0.5) is 10.5 Å². The number of anilines is 1. The molecule has 2 atom stereocenters. The van der Waals surface area contributed by atoms with Crippen LogP contribution in [-0.4, -0.2) is 63.0 Å². The van der Waals surface area contributed by atoms with E-state index in [0.29, 0.717) is 10.6 Å². The van der Waals surface area contributed by atoms with Gasteiger partial charge in [-0.15, -0.1) is 11.8 Å². The van der Waals surface area contributed by atoms with Crippen LogP contribution >= 0.6 is 11.8 Å². The molecule has 4 aromatic rings. The number of para-hydroxylation sites is 1. The number of carbonyl (C=O) groups excluding carboxylic acids is 4. The summed E-state index contributed by atoms with van der Waals surface area (Å²) in [4.78, 5) is 49.4. The Morgan fingerprint density at radius 1 is 0.896 bits per heavy atom. The molecule has 0 aliphatic rings. The van der Waals surface area contributed by atoms with Crippen LogP contribution < -0.4 is 32.2 Å². The van der Waals surface area contributed by atoms with Gasteiger partial charge in [0.05, 0.1) is 17.5 Å². The molecule has 0 fully saturated rings. The van der Waals surface area contributed by atoms with Crippen molar-refractivity contribution < 1.29 is 34.1 Å². The van der Waals surface area contributed by atoms with Gasteiger partial charge in [0.1, 0.15) is 11.8 Å². The van der Waals surface area contributed by atoms with Crippen molar-refractivity contribution in [1.29, 1.82) is 0 Å². The van der Waals surface area contributed by atoms with Gasteiger partial charge in [-0.1, -0.05) is 60.7 Å². The second-order valence-corrected chi connectivity index (χ2v) is 11.9. The number of aromatic hydroxyl groups is 2. The summed E-state index contributed by atoms with van der Waals surface area (Å²) in [6.07, 6.45) is -0.160. The molecule has 4 rings (SSSR count). The molecule has 0 bridgehead atoms. The van der Waals surface area contributed by atoms with Gasteiger partial charge in [-0.2, -0.15) is 0 Å². The van der Waals surface area contributed by atoms with Gasteiger partial charge in [-0.3, -0.25) is 19.0 Å². The molecule has 1 aromatic heterocycles. The lowest BCUT2D eigenvalue weighted by atomic mass is 10.1. The Balaban J connectivity index is 1.14. The molecule has 0 aliphatic carbocycles. The molecule has 0 aliphatic heterocycles. The van der Waals surface area contributed by atoms with E-state index < -0.39 is 30.0 Å². The Morgan fingerprint density at radius 2 is 1.56 bits per heavy atom. The molecular weight excluding hydrogens is 636 g/mol. The van der Waals surface area contributed by atoms with Crippen LogP contribution in [0, 0.1) is 0 Å². The van der Waals surface area contributed by atoms with E-state index in [4.69, 9.17) is 16.2 Å². The summed E-state index contributed by atoms with van der Waals surface area (Å²) in [5.41, 5.74) is 13.8. The first-order chi connectivity index (χ1) is 23.1. The monoisotopic (exact) mass is 674 g/mol. The third-order valence-corrected chi connectivity index (χ3v) is 8.21. The lowest BCUT2D eigenvalue weighted by Gasteiger charge is -2.15. The zero-order valence-corrected chi connectivity index (χ0v) is 26.8. The summed E-state index contributed by atoms with van der Waals surface area (Å²) < 4.78 is 6.59. The van der Waals surface area contributed by atoms with E-state index in [-0.39, 0.29) is 61.5 Å². The number of thioether (sulfide) groups is 1. The standard InChI is InChI=1S/C34H38N6O7S/c35-26(32(44)38-24-10-5-2-6-11-24)18-22-13-15-25(16-14-22)47-34(46)37-17-7-12-29(41)39-27(31(36)43)21-48-28-19-30(42)40(33(28)45)20-23-8-3-1-4-9-23/h1-6,8-11,13-16,19,26-27,42,45H,7,12,17-18,20-21,35H2,(H2,36,43)(H,37,46)(H,38,44)(H,39,41). The summed E-state index contributed by atoms with van der Waals surface area (Å²) in [5, 5.41) is 28.8. The molecule has 13 nitrogen and oxygen atoms in total. The van der Waals surface area contributed by atoms with E-state index in [1.165, 1.54) is 10.6 Å². The van der Waals surface area contributed by atoms with Gasteiger partial charge < -0.3 is 42.4 Å². The smallest absolute Gasteiger partial charge is 0.412 e. The molecule has 48 heavy (non-hydrogen) atoms. The number of amides is 4. The van der Waals surface area contributed by atoms with E-state index in [1.54, 1.807) is 36.4 Å². The summed E-state index contributed by atoms with van der Waals surface area (Å²) in [7, 11) is 0. The number of nitrogens with zero attached hydrogens (tertiary/aromatic N) is 1. The van der Waals surface area contributed by atoms with Crippen molar-refractivity contribution in [2.45, 2.75) is 42.8 Å². The maximum absolute atomic E-state index is 12.5. The van der Waals surface area contributed by atoms with Crippen LogP contribution in [-0.2, 0) is 27.3 Å². The Morgan fingerprint density at radius 3 is 2.23 bits per heavy atom. The number of hydrogen-bond donors (Lipinski definition) is 7. The van der Waals surface area contributed by atoms with Crippen molar-refractivity contribution >= 4 is 41.3 Å². The SMILES string of the molecule is NC(=O)C(CSc1cc(O)n(Cc2ccccc2)c1O)NC(=O)CCCNC(=O)Oc1ccc(CC(N)C(=O)Nc2ccccc2)cc1. The quantitative estimate of drug-likeness (QED) is 0.0687. The first-order valence-corrected chi connectivity index (χ1v) is 16.1. The number of benzene rings is 3. The second-order valence-electron chi connectivity index (χ2n) is 10.8. The molecule has 2 unspecified atom stereocenters. The summed E-state index contributed by atoms with van der Waals surface area (Å²) in [6.45, 7) is 0.378. The number of rotatable bonds is 16. The second kappa shape index (κ2) is 17.4. The van der Waals surface area contributed by atoms with E-state index in [0.717, 1.165) is 22.9 Å². The van der Waals surface area contributed by atoms with Gasteiger partial charge >= 0.3 is 6.09 Å². The van der Waals surface area contributed by atoms with Crippen molar-refractivity contribution in [3.8, 4) is 17.5 Å². The lowest BCUT2D eigenvalue weighted by molar-refractivity contribution is -0.126. The number of nitrogens with one attached hydrogen (secondary N) is 3. The molecule has 3 aromatic carbocycles. The average molecular weight is 675 g/mol. The van der Waals surface area contributed by atoms with E-state index in [9.17, 15) is 29.4 Å². The van der Waals surface area contributed by atoms with Crippen molar-refractivity contribution in [2.24, 2.45) is 11.5 Å². The first kappa shape index (κ1) is 35.4. The molecular formula is C34H38N6O7S. The van der Waals surface area contributed by atoms with Gasteiger partial charge in [-0.05, 0) is 48.2 Å². The highest BCUT2D eigenvalue weighted by Crippen LogP contribution is 2.36. The van der Waals surface area contributed by atoms with E-state index in [1.807, 2.05) is 48.5 Å². The highest BCUT2D eigenvalue weighted by Gasteiger charge is 2.22. The van der Waals surface area contributed by atoms with Crippen LogP contribution in [0.3, 0.4) is 0 Å². The number of hydrogen-bond acceptors (Lipinski definition) is 9. The topological polar surface area (TPSA) is 211 Å². The van der Waals surface area contributed by atoms with Crippen molar-refractivity contribution in [3.63, 3.8) is 0 Å². The highest BCUT2D eigenvalue weighted by molar-refractivity contribution is 7.99. The minimum atomic E-state index is -1.03.